The Labute approximate surface area is 114 Å². The fourth-order valence-corrected chi connectivity index (χ4v) is 1.53. The number of nitrogens with zero attached hydrogens (tertiary/aromatic N) is 2. The molecule has 0 aromatic heterocycles. The molecule has 5 heteroatoms. The average molecular weight is 263 g/mol. The molecule has 1 aromatic rings. The van der Waals surface area contributed by atoms with Crippen LogP contribution < -0.4 is 5.32 Å². The average Bonchev–Trinajstić information content (AvgIpc) is 2.41. The van der Waals surface area contributed by atoms with E-state index < -0.39 is 0 Å². The lowest BCUT2D eigenvalue weighted by Crippen LogP contribution is -2.27. The zero-order chi connectivity index (χ0) is 14.1. The van der Waals surface area contributed by atoms with E-state index in [1.165, 1.54) is 7.11 Å². The molecule has 0 aliphatic rings. The van der Waals surface area contributed by atoms with Crippen LogP contribution in [0.3, 0.4) is 0 Å². The predicted octanol–water partition coefficient (Wildman–Crippen LogP) is 1.35. The zero-order valence-electron chi connectivity index (χ0n) is 11.7. The van der Waals surface area contributed by atoms with Gasteiger partial charge in [0.15, 0.2) is 0 Å². The first-order chi connectivity index (χ1) is 9.13. The van der Waals surface area contributed by atoms with Crippen molar-refractivity contribution < 1.29 is 9.63 Å². The molecule has 0 saturated carbocycles. The van der Waals surface area contributed by atoms with Gasteiger partial charge in [-0.25, -0.2) is 0 Å². The Morgan fingerprint density at radius 1 is 1.37 bits per heavy atom. The van der Waals surface area contributed by atoms with Crippen molar-refractivity contribution >= 4 is 12.1 Å². The molecule has 0 atom stereocenters. The normalized spacial score (nSPS) is 10.9. The summed E-state index contributed by atoms with van der Waals surface area (Å²) in [7, 11) is 5.52. The lowest BCUT2D eigenvalue weighted by atomic mass is 10.1. The molecule has 0 fully saturated rings. The van der Waals surface area contributed by atoms with Gasteiger partial charge in [-0.15, -0.1) is 0 Å². The zero-order valence-corrected chi connectivity index (χ0v) is 11.7. The topological polar surface area (TPSA) is 53.9 Å². The minimum absolute atomic E-state index is 0.0472. The molecule has 104 valence electrons. The third-order valence-electron chi connectivity index (χ3n) is 2.55. The van der Waals surface area contributed by atoms with Crippen molar-refractivity contribution in [1.82, 2.24) is 10.2 Å². The SMILES string of the molecule is CO/N=C/c1ccc(C(=O)NCCCN(C)C)cc1. The van der Waals surface area contributed by atoms with Crippen molar-refractivity contribution in [3.63, 3.8) is 0 Å². The standard InChI is InChI=1S/C14H21N3O2/c1-17(2)10-4-9-15-14(18)13-7-5-12(6-8-13)11-16-19-3/h5-8,11H,4,9-10H2,1-3H3,(H,15,18)/b16-11+. The lowest BCUT2D eigenvalue weighted by molar-refractivity contribution is 0.0952. The minimum atomic E-state index is -0.0472. The Bertz CT molecular complexity index is 413. The molecular weight excluding hydrogens is 242 g/mol. The van der Waals surface area contributed by atoms with E-state index >= 15 is 0 Å². The van der Waals surface area contributed by atoms with Gasteiger partial charge in [-0.2, -0.15) is 0 Å². The summed E-state index contributed by atoms with van der Waals surface area (Å²) in [4.78, 5) is 18.5. The molecule has 5 nitrogen and oxygen atoms in total. The molecule has 1 aromatic carbocycles. The van der Waals surface area contributed by atoms with Crippen LogP contribution in [0.25, 0.3) is 0 Å². The summed E-state index contributed by atoms with van der Waals surface area (Å²) in [6.07, 6.45) is 2.54. The van der Waals surface area contributed by atoms with Crippen LogP contribution >= 0.6 is 0 Å². The lowest BCUT2D eigenvalue weighted by Gasteiger charge is -2.09. The number of oxime groups is 1. The summed E-state index contributed by atoms with van der Waals surface area (Å²) in [6, 6.07) is 7.21. The molecule has 0 aliphatic heterocycles. The Morgan fingerprint density at radius 3 is 2.63 bits per heavy atom. The van der Waals surface area contributed by atoms with Gasteiger partial charge in [0.05, 0.1) is 6.21 Å². The van der Waals surface area contributed by atoms with Crippen molar-refractivity contribution in [2.75, 3.05) is 34.3 Å². The Hall–Kier alpha value is -1.88. The largest absolute Gasteiger partial charge is 0.399 e. The maximum atomic E-state index is 11.8. The number of amides is 1. The molecule has 0 bridgehead atoms. The van der Waals surface area contributed by atoms with Gasteiger partial charge < -0.3 is 15.1 Å². The first kappa shape index (κ1) is 15.2. The highest BCUT2D eigenvalue weighted by molar-refractivity contribution is 5.94. The first-order valence-electron chi connectivity index (χ1n) is 6.23. The summed E-state index contributed by atoms with van der Waals surface area (Å²) >= 11 is 0. The van der Waals surface area contributed by atoms with Crippen LogP contribution in [-0.2, 0) is 4.84 Å². The number of benzene rings is 1. The van der Waals surface area contributed by atoms with Crippen LogP contribution in [0.5, 0.6) is 0 Å². The molecular formula is C14H21N3O2. The second-order valence-electron chi connectivity index (χ2n) is 4.45. The van der Waals surface area contributed by atoms with Crippen LogP contribution in [0.1, 0.15) is 22.3 Å². The second-order valence-corrected chi connectivity index (χ2v) is 4.45. The third-order valence-corrected chi connectivity index (χ3v) is 2.55. The molecule has 0 saturated heterocycles. The fraction of sp³-hybridized carbons (Fsp3) is 0.429. The highest BCUT2D eigenvalue weighted by atomic mass is 16.6. The smallest absolute Gasteiger partial charge is 0.251 e. The molecule has 0 heterocycles. The number of nitrogens with one attached hydrogen (secondary N) is 1. The van der Waals surface area contributed by atoms with Gasteiger partial charge in [-0.1, -0.05) is 17.3 Å². The Balaban J connectivity index is 2.42. The van der Waals surface area contributed by atoms with E-state index in [0.717, 1.165) is 18.5 Å². The number of hydrogen-bond acceptors (Lipinski definition) is 4. The van der Waals surface area contributed by atoms with Gasteiger partial charge >= 0.3 is 0 Å². The summed E-state index contributed by atoms with van der Waals surface area (Å²) in [6.45, 7) is 1.65. The van der Waals surface area contributed by atoms with Crippen LogP contribution in [0.15, 0.2) is 29.4 Å². The monoisotopic (exact) mass is 263 g/mol. The van der Waals surface area contributed by atoms with Crippen molar-refractivity contribution in [3.8, 4) is 0 Å². The molecule has 1 amide bonds. The first-order valence-corrected chi connectivity index (χ1v) is 6.23. The van der Waals surface area contributed by atoms with Crippen molar-refractivity contribution in [2.24, 2.45) is 5.16 Å². The van der Waals surface area contributed by atoms with E-state index in [1.807, 2.05) is 26.2 Å². The fourth-order valence-electron chi connectivity index (χ4n) is 1.53. The molecule has 0 unspecified atom stereocenters. The van der Waals surface area contributed by atoms with Gasteiger partial charge in [0.25, 0.3) is 5.91 Å². The number of rotatable bonds is 7. The van der Waals surface area contributed by atoms with E-state index in [4.69, 9.17) is 0 Å². The maximum absolute atomic E-state index is 11.8. The summed E-state index contributed by atoms with van der Waals surface area (Å²) in [5.74, 6) is -0.0472. The van der Waals surface area contributed by atoms with Gasteiger partial charge in [0.1, 0.15) is 7.11 Å². The van der Waals surface area contributed by atoms with Crippen molar-refractivity contribution in [2.45, 2.75) is 6.42 Å². The summed E-state index contributed by atoms with van der Waals surface area (Å²) in [5.41, 5.74) is 1.55. The number of carbonyl (C=O) groups is 1. The van der Waals surface area contributed by atoms with Gasteiger partial charge in [0.2, 0.25) is 0 Å². The van der Waals surface area contributed by atoms with Gasteiger partial charge in [0, 0.05) is 12.1 Å². The van der Waals surface area contributed by atoms with E-state index in [-0.39, 0.29) is 5.91 Å². The van der Waals surface area contributed by atoms with E-state index in [1.54, 1.807) is 18.3 Å². The van der Waals surface area contributed by atoms with Crippen LogP contribution in [0.2, 0.25) is 0 Å². The second kappa shape index (κ2) is 8.26. The van der Waals surface area contributed by atoms with Crippen LogP contribution in [0, 0.1) is 0 Å². The highest BCUT2D eigenvalue weighted by Gasteiger charge is 2.04. The number of carbonyl (C=O) groups excluding carboxylic acids is 1. The molecule has 0 spiro atoms. The summed E-state index contributed by atoms with van der Waals surface area (Å²) < 4.78 is 0. The third kappa shape index (κ3) is 6.01. The molecule has 1 rings (SSSR count). The quantitative estimate of drug-likeness (QED) is 0.459. The molecule has 1 N–H and O–H groups in total. The summed E-state index contributed by atoms with van der Waals surface area (Å²) in [5, 5.41) is 6.56. The van der Waals surface area contributed by atoms with Gasteiger partial charge in [-0.3, -0.25) is 4.79 Å². The highest BCUT2D eigenvalue weighted by Crippen LogP contribution is 2.02. The molecule has 0 aliphatic carbocycles. The Kier molecular flexibility index (Phi) is 6.60. The van der Waals surface area contributed by atoms with Crippen molar-refractivity contribution in [1.29, 1.82) is 0 Å². The van der Waals surface area contributed by atoms with Crippen LogP contribution in [-0.4, -0.2) is 51.3 Å². The van der Waals surface area contributed by atoms with Crippen molar-refractivity contribution in [3.05, 3.63) is 35.4 Å². The van der Waals surface area contributed by atoms with E-state index in [2.05, 4.69) is 20.2 Å². The molecule has 0 radical (unpaired) electrons. The predicted molar refractivity (Wildman–Crippen MR) is 76.5 cm³/mol. The van der Waals surface area contributed by atoms with Crippen LogP contribution in [0.4, 0.5) is 0 Å². The van der Waals surface area contributed by atoms with E-state index in [0.29, 0.717) is 12.1 Å². The van der Waals surface area contributed by atoms with E-state index in [9.17, 15) is 4.79 Å². The maximum Gasteiger partial charge on any atom is 0.251 e. The molecule has 19 heavy (non-hydrogen) atoms. The Morgan fingerprint density at radius 2 is 2.05 bits per heavy atom. The minimum Gasteiger partial charge on any atom is -0.399 e. The number of hydrogen-bond donors (Lipinski definition) is 1. The van der Waals surface area contributed by atoms with Gasteiger partial charge in [-0.05, 0) is 44.8 Å².